The molecule has 0 fully saturated rings. The van der Waals surface area contributed by atoms with Gasteiger partial charge in [-0.05, 0) is 35.1 Å². The molecule has 1 aromatic heterocycles. The van der Waals surface area contributed by atoms with Crippen molar-refractivity contribution in [2.45, 2.75) is 25.7 Å². The van der Waals surface area contributed by atoms with Crippen molar-refractivity contribution < 1.29 is 4.79 Å². The lowest BCUT2D eigenvalue weighted by molar-refractivity contribution is -0.121. The maximum absolute atomic E-state index is 13.6. The zero-order valence-electron chi connectivity index (χ0n) is 17.3. The van der Waals surface area contributed by atoms with Crippen molar-refractivity contribution in [1.82, 2.24) is 4.98 Å². The number of anilines is 1. The summed E-state index contributed by atoms with van der Waals surface area (Å²) in [5, 5.41) is 4.20. The van der Waals surface area contributed by atoms with Gasteiger partial charge < -0.3 is 5.32 Å². The highest BCUT2D eigenvalue weighted by Gasteiger charge is 2.32. The van der Waals surface area contributed by atoms with E-state index in [4.69, 9.17) is 0 Å². The Bertz CT molecular complexity index is 1070. The highest BCUT2D eigenvalue weighted by Crippen LogP contribution is 2.37. The number of benzene rings is 3. The molecule has 150 valence electrons. The molecule has 4 rings (SSSR count). The SMILES string of the molecule is C[C@H](c1ccccc1)C(C(=O)Nc1cccc2cccnc12)[C@H](C)c1ccccc1. The van der Waals surface area contributed by atoms with E-state index < -0.39 is 0 Å². The minimum Gasteiger partial charge on any atom is -0.324 e. The molecule has 0 unspecified atom stereocenters. The molecule has 2 atom stereocenters. The van der Waals surface area contributed by atoms with Gasteiger partial charge in [-0.1, -0.05) is 92.7 Å². The zero-order valence-corrected chi connectivity index (χ0v) is 17.3. The molecule has 1 heterocycles. The minimum absolute atomic E-state index is 0.0147. The average molecular weight is 395 g/mol. The van der Waals surface area contributed by atoms with E-state index in [2.05, 4.69) is 48.4 Å². The Morgan fingerprint density at radius 2 is 1.30 bits per heavy atom. The summed E-state index contributed by atoms with van der Waals surface area (Å²) in [5.41, 5.74) is 3.89. The second-order valence-corrected chi connectivity index (χ2v) is 7.79. The van der Waals surface area contributed by atoms with Crippen LogP contribution in [0.4, 0.5) is 5.69 Å². The van der Waals surface area contributed by atoms with Crippen LogP contribution in [0.1, 0.15) is 36.8 Å². The van der Waals surface area contributed by atoms with E-state index >= 15 is 0 Å². The topological polar surface area (TPSA) is 42.0 Å². The molecule has 0 radical (unpaired) electrons. The van der Waals surface area contributed by atoms with Gasteiger partial charge in [-0.25, -0.2) is 0 Å². The fourth-order valence-corrected chi connectivity index (χ4v) is 4.24. The number of nitrogens with one attached hydrogen (secondary N) is 1. The van der Waals surface area contributed by atoms with E-state index in [-0.39, 0.29) is 23.7 Å². The number of nitrogens with zero attached hydrogens (tertiary/aromatic N) is 1. The Hall–Kier alpha value is -3.46. The predicted molar refractivity (Wildman–Crippen MR) is 124 cm³/mol. The summed E-state index contributed by atoms with van der Waals surface area (Å²) in [6, 6.07) is 30.3. The highest BCUT2D eigenvalue weighted by molar-refractivity contribution is 6.01. The van der Waals surface area contributed by atoms with Crippen molar-refractivity contribution >= 4 is 22.5 Å². The number of para-hydroxylation sites is 1. The molecule has 0 saturated carbocycles. The monoisotopic (exact) mass is 394 g/mol. The van der Waals surface area contributed by atoms with E-state index in [1.54, 1.807) is 6.20 Å². The molecule has 0 aliphatic carbocycles. The highest BCUT2D eigenvalue weighted by atomic mass is 16.1. The molecule has 3 heteroatoms. The summed E-state index contributed by atoms with van der Waals surface area (Å²) in [7, 11) is 0. The fraction of sp³-hybridized carbons (Fsp3) is 0.185. The van der Waals surface area contributed by atoms with Gasteiger partial charge in [0.15, 0.2) is 0 Å². The lowest BCUT2D eigenvalue weighted by atomic mass is 9.76. The largest absolute Gasteiger partial charge is 0.324 e. The predicted octanol–water partition coefficient (Wildman–Crippen LogP) is 6.40. The average Bonchev–Trinajstić information content (AvgIpc) is 2.80. The third-order valence-corrected chi connectivity index (χ3v) is 5.92. The van der Waals surface area contributed by atoms with Crippen molar-refractivity contribution in [2.75, 3.05) is 5.32 Å². The first kappa shape index (κ1) is 19.8. The Kier molecular flexibility index (Phi) is 5.89. The molecule has 0 saturated heterocycles. The van der Waals surface area contributed by atoms with Crippen LogP contribution in [0.25, 0.3) is 10.9 Å². The van der Waals surface area contributed by atoms with Crippen LogP contribution in [-0.2, 0) is 4.79 Å². The lowest BCUT2D eigenvalue weighted by Crippen LogP contribution is -2.31. The maximum Gasteiger partial charge on any atom is 0.228 e. The van der Waals surface area contributed by atoms with Crippen LogP contribution in [0.15, 0.2) is 97.2 Å². The number of fused-ring (bicyclic) bond motifs is 1. The summed E-state index contributed by atoms with van der Waals surface area (Å²) in [6.07, 6.45) is 1.76. The van der Waals surface area contributed by atoms with Crippen molar-refractivity contribution in [3.63, 3.8) is 0 Å². The first-order valence-electron chi connectivity index (χ1n) is 10.4. The molecule has 1 amide bonds. The van der Waals surface area contributed by atoms with E-state index in [0.29, 0.717) is 0 Å². The lowest BCUT2D eigenvalue weighted by Gasteiger charge is -2.29. The molecular weight excluding hydrogens is 368 g/mol. The molecule has 0 aliphatic heterocycles. The van der Waals surface area contributed by atoms with Gasteiger partial charge in [0.25, 0.3) is 0 Å². The number of hydrogen-bond donors (Lipinski definition) is 1. The molecule has 30 heavy (non-hydrogen) atoms. The van der Waals surface area contributed by atoms with Gasteiger partial charge in [-0.2, -0.15) is 0 Å². The van der Waals surface area contributed by atoms with Crippen LogP contribution < -0.4 is 5.32 Å². The summed E-state index contributed by atoms with van der Waals surface area (Å²) >= 11 is 0. The summed E-state index contributed by atoms with van der Waals surface area (Å²) in [6.45, 7) is 4.28. The Morgan fingerprint density at radius 1 is 0.733 bits per heavy atom. The van der Waals surface area contributed by atoms with E-state index in [9.17, 15) is 4.79 Å². The van der Waals surface area contributed by atoms with Crippen LogP contribution in [0.3, 0.4) is 0 Å². The molecule has 0 bridgehead atoms. The van der Waals surface area contributed by atoms with Crippen molar-refractivity contribution in [3.8, 4) is 0 Å². The molecule has 0 aliphatic rings. The molecule has 0 spiro atoms. The van der Waals surface area contributed by atoms with E-state index in [1.807, 2.05) is 66.7 Å². The van der Waals surface area contributed by atoms with Crippen LogP contribution >= 0.6 is 0 Å². The van der Waals surface area contributed by atoms with Crippen LogP contribution in [-0.4, -0.2) is 10.9 Å². The van der Waals surface area contributed by atoms with Crippen LogP contribution in [0.5, 0.6) is 0 Å². The fourth-order valence-electron chi connectivity index (χ4n) is 4.24. The number of carbonyl (C=O) groups is 1. The Morgan fingerprint density at radius 3 is 1.90 bits per heavy atom. The molecular formula is C27H26N2O. The third-order valence-electron chi connectivity index (χ3n) is 5.92. The van der Waals surface area contributed by atoms with Gasteiger partial charge in [0.05, 0.1) is 17.1 Å². The van der Waals surface area contributed by atoms with Crippen molar-refractivity contribution in [3.05, 3.63) is 108 Å². The van der Waals surface area contributed by atoms with Gasteiger partial charge >= 0.3 is 0 Å². The van der Waals surface area contributed by atoms with Crippen LogP contribution in [0.2, 0.25) is 0 Å². The zero-order chi connectivity index (χ0) is 20.9. The first-order chi connectivity index (χ1) is 14.6. The number of rotatable bonds is 6. The van der Waals surface area contributed by atoms with Crippen molar-refractivity contribution in [1.29, 1.82) is 0 Å². The third kappa shape index (κ3) is 4.11. The molecule has 3 aromatic carbocycles. The Labute approximate surface area is 177 Å². The Balaban J connectivity index is 1.70. The normalized spacial score (nSPS) is 13.2. The number of hydrogen-bond acceptors (Lipinski definition) is 2. The van der Waals surface area contributed by atoms with Gasteiger partial charge in [0.1, 0.15) is 0 Å². The van der Waals surface area contributed by atoms with Crippen molar-refractivity contribution in [2.24, 2.45) is 5.92 Å². The van der Waals surface area contributed by atoms with Gasteiger partial charge in [0, 0.05) is 11.6 Å². The summed E-state index contributed by atoms with van der Waals surface area (Å²) in [4.78, 5) is 18.1. The second-order valence-electron chi connectivity index (χ2n) is 7.79. The maximum atomic E-state index is 13.6. The summed E-state index contributed by atoms with van der Waals surface area (Å²) < 4.78 is 0. The number of pyridine rings is 1. The quantitative estimate of drug-likeness (QED) is 0.411. The molecule has 4 aromatic rings. The minimum atomic E-state index is -0.228. The van der Waals surface area contributed by atoms with Gasteiger partial charge in [0.2, 0.25) is 5.91 Å². The van der Waals surface area contributed by atoms with E-state index in [0.717, 1.165) is 27.7 Å². The number of carbonyl (C=O) groups excluding carboxylic acids is 1. The van der Waals surface area contributed by atoms with Gasteiger partial charge in [-0.3, -0.25) is 9.78 Å². The number of aromatic nitrogens is 1. The van der Waals surface area contributed by atoms with Gasteiger partial charge in [-0.15, -0.1) is 0 Å². The van der Waals surface area contributed by atoms with Crippen LogP contribution in [0, 0.1) is 5.92 Å². The summed E-state index contributed by atoms with van der Waals surface area (Å²) in [5.74, 6) is -0.0942. The smallest absolute Gasteiger partial charge is 0.228 e. The first-order valence-corrected chi connectivity index (χ1v) is 10.4. The molecule has 1 N–H and O–H groups in total. The molecule has 3 nitrogen and oxygen atoms in total. The standard InChI is InChI=1S/C27H26N2O/c1-19(21-11-5-3-6-12-21)25(20(2)22-13-7-4-8-14-22)27(30)29-24-17-9-15-23-16-10-18-28-26(23)24/h3-20,25H,1-2H3,(H,29,30)/t19-,20-/m1/s1. The number of amides is 1. The van der Waals surface area contributed by atoms with E-state index in [1.165, 1.54) is 0 Å². The second kappa shape index (κ2) is 8.91.